The number of hydrogen-bond donors (Lipinski definition) is 2. The number of aryl methyl sites for hydroxylation is 1. The van der Waals surface area contributed by atoms with Gasteiger partial charge in [0.2, 0.25) is 0 Å². The Balaban J connectivity index is 1.81. The first kappa shape index (κ1) is 12.5. The van der Waals surface area contributed by atoms with Gasteiger partial charge < -0.3 is 5.11 Å². The Morgan fingerprint density at radius 3 is 2.88 bits per heavy atom. The Labute approximate surface area is 106 Å². The third kappa shape index (κ3) is 3.75. The lowest BCUT2D eigenvalue weighted by Crippen LogP contribution is -2.45. The van der Waals surface area contributed by atoms with Crippen molar-refractivity contribution < 1.29 is 9.90 Å². The number of nitrogens with one attached hydrogen (secondary N) is 1. The topological polar surface area (TPSA) is 49.3 Å². The molecule has 2 unspecified atom stereocenters. The maximum absolute atomic E-state index is 10.9. The lowest BCUT2D eigenvalue weighted by Gasteiger charge is -2.28. The zero-order chi connectivity index (χ0) is 12.1. The highest BCUT2D eigenvalue weighted by Gasteiger charge is 2.25. The van der Waals surface area contributed by atoms with Crippen LogP contribution in [0.4, 0.5) is 0 Å². The van der Waals surface area contributed by atoms with Crippen LogP contribution < -0.4 is 5.32 Å². The molecule has 1 aliphatic heterocycles. The highest BCUT2D eigenvalue weighted by Crippen LogP contribution is 2.22. The van der Waals surface area contributed by atoms with E-state index in [1.807, 2.05) is 30.0 Å². The second kappa shape index (κ2) is 6.07. The van der Waals surface area contributed by atoms with Crippen LogP contribution in [0.25, 0.3) is 0 Å². The Morgan fingerprint density at radius 1 is 1.41 bits per heavy atom. The first-order valence-electron chi connectivity index (χ1n) is 5.90. The maximum atomic E-state index is 10.9. The van der Waals surface area contributed by atoms with Gasteiger partial charge in [0, 0.05) is 0 Å². The maximum Gasteiger partial charge on any atom is 0.320 e. The van der Waals surface area contributed by atoms with Crippen LogP contribution in [0.5, 0.6) is 0 Å². The lowest BCUT2D eigenvalue weighted by molar-refractivity contribution is -0.139. The van der Waals surface area contributed by atoms with Crippen LogP contribution in [-0.4, -0.2) is 28.2 Å². The molecule has 1 fully saturated rings. The van der Waals surface area contributed by atoms with Crippen molar-refractivity contribution in [2.24, 2.45) is 0 Å². The molecule has 1 aromatic rings. The third-order valence-corrected chi connectivity index (χ3v) is 4.19. The Bertz CT molecular complexity index is 369. The van der Waals surface area contributed by atoms with Gasteiger partial charge in [-0.05, 0) is 30.6 Å². The number of thioether (sulfide) groups is 1. The smallest absolute Gasteiger partial charge is 0.320 e. The summed E-state index contributed by atoms with van der Waals surface area (Å²) < 4.78 is 0. The van der Waals surface area contributed by atoms with Gasteiger partial charge in [-0.1, -0.05) is 30.3 Å². The van der Waals surface area contributed by atoms with Crippen molar-refractivity contribution >= 4 is 17.7 Å². The normalized spacial score (nSPS) is 24.5. The van der Waals surface area contributed by atoms with E-state index in [2.05, 4.69) is 17.4 Å². The van der Waals surface area contributed by atoms with Crippen molar-refractivity contribution in [1.29, 1.82) is 0 Å². The van der Waals surface area contributed by atoms with Crippen LogP contribution in [-0.2, 0) is 11.2 Å². The van der Waals surface area contributed by atoms with Crippen LogP contribution in [0.3, 0.4) is 0 Å². The molecule has 1 heterocycles. The molecular weight excluding hydrogens is 234 g/mol. The van der Waals surface area contributed by atoms with Gasteiger partial charge in [-0.25, -0.2) is 0 Å². The van der Waals surface area contributed by atoms with Gasteiger partial charge in [-0.2, -0.15) is 0 Å². The second-order valence-corrected chi connectivity index (χ2v) is 5.54. The van der Waals surface area contributed by atoms with Crippen LogP contribution in [0, 0.1) is 0 Å². The zero-order valence-electron chi connectivity index (χ0n) is 9.63. The molecule has 2 rings (SSSR count). The lowest BCUT2D eigenvalue weighted by atomic mass is 10.1. The van der Waals surface area contributed by atoms with Crippen molar-refractivity contribution in [3.05, 3.63) is 35.9 Å². The van der Waals surface area contributed by atoms with E-state index in [-0.39, 0.29) is 11.4 Å². The number of rotatable bonds is 4. The second-order valence-electron chi connectivity index (χ2n) is 4.23. The summed E-state index contributed by atoms with van der Waals surface area (Å²) in [6.45, 7) is 0. The van der Waals surface area contributed by atoms with E-state index in [0.29, 0.717) is 0 Å². The minimum Gasteiger partial charge on any atom is -0.480 e. The molecule has 92 valence electrons. The van der Waals surface area contributed by atoms with Gasteiger partial charge in [0.1, 0.15) is 6.04 Å². The number of benzene rings is 1. The van der Waals surface area contributed by atoms with E-state index in [0.717, 1.165) is 25.0 Å². The molecule has 17 heavy (non-hydrogen) atoms. The minimum atomic E-state index is -0.727. The van der Waals surface area contributed by atoms with Crippen molar-refractivity contribution in [1.82, 2.24) is 5.32 Å². The summed E-state index contributed by atoms with van der Waals surface area (Å²) >= 11 is 1.83. The van der Waals surface area contributed by atoms with Crippen molar-refractivity contribution in [2.45, 2.75) is 30.7 Å². The van der Waals surface area contributed by atoms with Gasteiger partial charge in [-0.15, -0.1) is 11.8 Å². The average molecular weight is 251 g/mol. The summed E-state index contributed by atoms with van der Waals surface area (Å²) in [6.07, 6.45) is 2.71. The fraction of sp³-hybridized carbons (Fsp3) is 0.462. The predicted octanol–water partition coefficient (Wildman–Crippen LogP) is 2.12. The Hall–Kier alpha value is -1.00. The standard InChI is InChI=1S/C13H17NO2S/c15-13(16)11-8-9-17-12(14-11)7-6-10-4-2-1-3-5-10/h1-5,11-12,14H,6-9H2,(H,15,16). The monoisotopic (exact) mass is 251 g/mol. The number of carboxylic acids is 1. The van der Waals surface area contributed by atoms with E-state index < -0.39 is 5.97 Å². The molecule has 0 radical (unpaired) electrons. The van der Waals surface area contributed by atoms with Crippen LogP contribution >= 0.6 is 11.8 Å². The molecule has 0 aromatic heterocycles. The quantitative estimate of drug-likeness (QED) is 0.860. The molecule has 0 saturated carbocycles. The Kier molecular flexibility index (Phi) is 4.45. The molecule has 3 nitrogen and oxygen atoms in total. The van der Waals surface area contributed by atoms with Gasteiger partial charge in [0.15, 0.2) is 0 Å². The molecular formula is C13H17NO2S. The first-order chi connectivity index (χ1) is 8.25. The molecule has 2 atom stereocenters. The number of aliphatic carboxylic acids is 1. The fourth-order valence-electron chi connectivity index (χ4n) is 1.99. The minimum absolute atomic E-state index is 0.269. The van der Waals surface area contributed by atoms with Crippen molar-refractivity contribution in [3.8, 4) is 0 Å². The van der Waals surface area contributed by atoms with E-state index in [9.17, 15) is 4.79 Å². The van der Waals surface area contributed by atoms with E-state index in [1.165, 1.54) is 5.56 Å². The highest BCUT2D eigenvalue weighted by atomic mass is 32.2. The SMILES string of the molecule is O=C(O)C1CCSC(CCc2ccccc2)N1. The van der Waals surface area contributed by atoms with E-state index in [4.69, 9.17) is 5.11 Å². The fourth-order valence-corrected chi connectivity index (χ4v) is 3.19. The summed E-state index contributed by atoms with van der Waals surface area (Å²) in [5.74, 6) is 0.207. The predicted molar refractivity (Wildman–Crippen MR) is 70.2 cm³/mol. The van der Waals surface area contributed by atoms with Gasteiger partial charge >= 0.3 is 5.97 Å². The molecule has 2 N–H and O–H groups in total. The summed E-state index contributed by atoms with van der Waals surface area (Å²) in [5, 5.41) is 12.4. The van der Waals surface area contributed by atoms with Crippen LogP contribution in [0.2, 0.25) is 0 Å². The largest absolute Gasteiger partial charge is 0.480 e. The number of carbonyl (C=O) groups is 1. The summed E-state index contributed by atoms with van der Waals surface area (Å²) in [4.78, 5) is 10.9. The molecule has 0 aliphatic carbocycles. The van der Waals surface area contributed by atoms with Crippen molar-refractivity contribution in [3.63, 3.8) is 0 Å². The highest BCUT2D eigenvalue weighted by molar-refractivity contribution is 7.99. The third-order valence-electron chi connectivity index (χ3n) is 2.95. The molecule has 0 bridgehead atoms. The number of hydrogen-bond acceptors (Lipinski definition) is 3. The van der Waals surface area contributed by atoms with Crippen LogP contribution in [0.1, 0.15) is 18.4 Å². The molecule has 1 aliphatic rings. The summed E-state index contributed by atoms with van der Waals surface area (Å²) in [5.41, 5.74) is 1.31. The average Bonchev–Trinajstić information content (AvgIpc) is 2.38. The zero-order valence-corrected chi connectivity index (χ0v) is 10.5. The number of carboxylic acid groups (broad SMARTS) is 1. The molecule has 0 spiro atoms. The molecule has 4 heteroatoms. The van der Waals surface area contributed by atoms with Gasteiger partial charge in [0.25, 0.3) is 0 Å². The molecule has 1 aromatic carbocycles. The first-order valence-corrected chi connectivity index (χ1v) is 6.95. The van der Waals surface area contributed by atoms with Crippen molar-refractivity contribution in [2.75, 3.05) is 5.75 Å². The Morgan fingerprint density at radius 2 is 2.18 bits per heavy atom. The molecule has 0 amide bonds. The van der Waals surface area contributed by atoms with Gasteiger partial charge in [0.05, 0.1) is 5.37 Å². The van der Waals surface area contributed by atoms with Crippen LogP contribution in [0.15, 0.2) is 30.3 Å². The van der Waals surface area contributed by atoms with E-state index >= 15 is 0 Å². The van der Waals surface area contributed by atoms with Gasteiger partial charge in [-0.3, -0.25) is 10.1 Å². The molecule has 1 saturated heterocycles. The summed E-state index contributed by atoms with van der Waals surface area (Å²) in [7, 11) is 0. The van der Waals surface area contributed by atoms with E-state index in [1.54, 1.807) is 0 Å². The summed E-state index contributed by atoms with van der Waals surface area (Å²) in [6, 6.07) is 9.95.